The zero-order chi connectivity index (χ0) is 12.4. The van der Waals surface area contributed by atoms with Gasteiger partial charge in [0.15, 0.2) is 5.76 Å². The number of likely N-dealkylation sites (tertiary alicyclic amines) is 1. The SMILES string of the molecule is Cc1ccoc1C(=O)N1CCC(C)CC1CN. The van der Waals surface area contributed by atoms with E-state index >= 15 is 0 Å². The summed E-state index contributed by atoms with van der Waals surface area (Å²) in [6.45, 7) is 5.40. The Morgan fingerprint density at radius 1 is 1.65 bits per heavy atom. The fraction of sp³-hybridized carbons (Fsp3) is 0.615. The lowest BCUT2D eigenvalue weighted by Crippen LogP contribution is -2.49. The molecule has 2 heterocycles. The monoisotopic (exact) mass is 236 g/mol. The van der Waals surface area contributed by atoms with Crippen LogP contribution in [-0.4, -0.2) is 29.9 Å². The van der Waals surface area contributed by atoms with Crippen LogP contribution in [0.15, 0.2) is 16.7 Å². The zero-order valence-electron chi connectivity index (χ0n) is 10.5. The molecule has 1 saturated heterocycles. The number of rotatable bonds is 2. The number of furan rings is 1. The Kier molecular flexibility index (Phi) is 3.52. The van der Waals surface area contributed by atoms with Crippen molar-refractivity contribution in [2.75, 3.05) is 13.1 Å². The second-order valence-corrected chi connectivity index (χ2v) is 4.95. The molecule has 1 aliphatic heterocycles. The molecule has 0 aliphatic carbocycles. The molecular formula is C13H20N2O2. The highest BCUT2D eigenvalue weighted by molar-refractivity contribution is 5.93. The summed E-state index contributed by atoms with van der Waals surface area (Å²) in [7, 11) is 0. The van der Waals surface area contributed by atoms with Crippen LogP contribution in [0.3, 0.4) is 0 Å². The van der Waals surface area contributed by atoms with Crippen LogP contribution >= 0.6 is 0 Å². The Hall–Kier alpha value is -1.29. The third kappa shape index (κ3) is 2.36. The van der Waals surface area contributed by atoms with Gasteiger partial charge < -0.3 is 15.1 Å². The number of nitrogens with zero attached hydrogens (tertiary/aromatic N) is 1. The van der Waals surface area contributed by atoms with E-state index in [9.17, 15) is 4.79 Å². The van der Waals surface area contributed by atoms with Crippen molar-refractivity contribution in [1.29, 1.82) is 0 Å². The Bertz CT molecular complexity index is 400. The minimum absolute atomic E-state index is 0.0187. The van der Waals surface area contributed by atoms with Gasteiger partial charge in [0.25, 0.3) is 5.91 Å². The van der Waals surface area contributed by atoms with Crippen LogP contribution in [0.25, 0.3) is 0 Å². The molecule has 1 aromatic rings. The fourth-order valence-corrected chi connectivity index (χ4v) is 2.46. The second kappa shape index (κ2) is 4.92. The number of carbonyl (C=O) groups excluding carboxylic acids is 1. The van der Waals surface area contributed by atoms with E-state index in [-0.39, 0.29) is 11.9 Å². The summed E-state index contributed by atoms with van der Waals surface area (Å²) in [4.78, 5) is 14.2. The topological polar surface area (TPSA) is 59.5 Å². The smallest absolute Gasteiger partial charge is 0.290 e. The molecular weight excluding hydrogens is 216 g/mol. The highest BCUT2D eigenvalue weighted by Crippen LogP contribution is 2.24. The van der Waals surface area contributed by atoms with Gasteiger partial charge in [0.05, 0.1) is 6.26 Å². The van der Waals surface area contributed by atoms with E-state index in [1.807, 2.05) is 17.9 Å². The minimum Gasteiger partial charge on any atom is -0.459 e. The highest BCUT2D eigenvalue weighted by Gasteiger charge is 2.31. The van der Waals surface area contributed by atoms with Crippen molar-refractivity contribution in [2.45, 2.75) is 32.7 Å². The molecule has 1 fully saturated rings. The maximum atomic E-state index is 12.3. The van der Waals surface area contributed by atoms with Gasteiger partial charge >= 0.3 is 0 Å². The summed E-state index contributed by atoms with van der Waals surface area (Å²) in [5, 5.41) is 0. The summed E-state index contributed by atoms with van der Waals surface area (Å²) in [6, 6.07) is 1.97. The van der Waals surface area contributed by atoms with Crippen LogP contribution < -0.4 is 5.73 Å². The first-order chi connectivity index (χ1) is 8.13. The highest BCUT2D eigenvalue weighted by atomic mass is 16.3. The molecule has 94 valence electrons. The maximum absolute atomic E-state index is 12.3. The molecule has 1 aromatic heterocycles. The molecule has 2 N–H and O–H groups in total. The largest absolute Gasteiger partial charge is 0.459 e. The van der Waals surface area contributed by atoms with Crippen molar-refractivity contribution in [3.05, 3.63) is 23.7 Å². The normalized spacial score (nSPS) is 25.0. The fourth-order valence-electron chi connectivity index (χ4n) is 2.46. The van der Waals surface area contributed by atoms with Crippen LogP contribution in [0.5, 0.6) is 0 Å². The Labute approximate surface area is 102 Å². The first-order valence-electron chi connectivity index (χ1n) is 6.18. The van der Waals surface area contributed by atoms with E-state index in [0.29, 0.717) is 18.2 Å². The summed E-state index contributed by atoms with van der Waals surface area (Å²) in [6.07, 6.45) is 3.59. The first kappa shape index (κ1) is 12.2. The molecule has 1 amide bonds. The van der Waals surface area contributed by atoms with E-state index in [2.05, 4.69) is 6.92 Å². The zero-order valence-corrected chi connectivity index (χ0v) is 10.5. The maximum Gasteiger partial charge on any atom is 0.290 e. The lowest BCUT2D eigenvalue weighted by atomic mass is 9.92. The Morgan fingerprint density at radius 2 is 2.41 bits per heavy atom. The van der Waals surface area contributed by atoms with Crippen LogP contribution in [0, 0.1) is 12.8 Å². The summed E-state index contributed by atoms with van der Waals surface area (Å²) >= 11 is 0. The molecule has 0 spiro atoms. The van der Waals surface area contributed by atoms with Crippen molar-refractivity contribution in [1.82, 2.24) is 4.90 Å². The van der Waals surface area contributed by atoms with Crippen LogP contribution in [0.1, 0.15) is 35.9 Å². The van der Waals surface area contributed by atoms with Crippen molar-refractivity contribution in [3.63, 3.8) is 0 Å². The molecule has 2 rings (SSSR count). The molecule has 0 bridgehead atoms. The molecule has 0 radical (unpaired) electrons. The molecule has 0 saturated carbocycles. The van der Waals surface area contributed by atoms with Gasteiger partial charge in [-0.2, -0.15) is 0 Å². The third-order valence-corrected chi connectivity index (χ3v) is 3.57. The lowest BCUT2D eigenvalue weighted by Gasteiger charge is -2.37. The first-order valence-corrected chi connectivity index (χ1v) is 6.18. The number of aryl methyl sites for hydroxylation is 1. The molecule has 17 heavy (non-hydrogen) atoms. The molecule has 2 unspecified atom stereocenters. The van der Waals surface area contributed by atoms with E-state index in [1.54, 1.807) is 6.26 Å². The van der Waals surface area contributed by atoms with E-state index in [1.165, 1.54) is 0 Å². The van der Waals surface area contributed by atoms with Crippen LogP contribution in [-0.2, 0) is 0 Å². The molecule has 2 atom stereocenters. The Balaban J connectivity index is 2.16. The average Bonchev–Trinajstić information content (AvgIpc) is 2.74. The number of hydrogen-bond donors (Lipinski definition) is 1. The molecule has 0 aromatic carbocycles. The number of nitrogens with two attached hydrogens (primary N) is 1. The quantitative estimate of drug-likeness (QED) is 0.851. The van der Waals surface area contributed by atoms with Gasteiger partial charge in [-0.1, -0.05) is 6.92 Å². The van der Waals surface area contributed by atoms with Gasteiger partial charge in [-0.15, -0.1) is 0 Å². The van der Waals surface area contributed by atoms with Gasteiger partial charge in [-0.05, 0) is 31.7 Å². The average molecular weight is 236 g/mol. The van der Waals surface area contributed by atoms with E-state index in [4.69, 9.17) is 10.2 Å². The van der Waals surface area contributed by atoms with Crippen molar-refractivity contribution < 1.29 is 9.21 Å². The minimum atomic E-state index is -0.0187. The van der Waals surface area contributed by atoms with Gasteiger partial charge in [-0.3, -0.25) is 4.79 Å². The summed E-state index contributed by atoms with van der Waals surface area (Å²) in [5.41, 5.74) is 6.65. The number of carbonyl (C=O) groups is 1. The standard InChI is InChI=1S/C13H20N2O2/c1-9-3-5-15(11(7-9)8-14)13(16)12-10(2)4-6-17-12/h4,6,9,11H,3,5,7-8,14H2,1-2H3. The third-order valence-electron chi connectivity index (χ3n) is 3.57. The summed E-state index contributed by atoms with van der Waals surface area (Å²) < 4.78 is 5.27. The predicted molar refractivity (Wildman–Crippen MR) is 65.7 cm³/mol. The molecule has 1 aliphatic rings. The Morgan fingerprint density at radius 3 is 3.00 bits per heavy atom. The van der Waals surface area contributed by atoms with E-state index < -0.39 is 0 Å². The van der Waals surface area contributed by atoms with Crippen LogP contribution in [0.2, 0.25) is 0 Å². The van der Waals surface area contributed by atoms with Crippen molar-refractivity contribution in [3.8, 4) is 0 Å². The summed E-state index contributed by atoms with van der Waals surface area (Å²) in [5.74, 6) is 1.08. The second-order valence-electron chi connectivity index (χ2n) is 4.95. The van der Waals surface area contributed by atoms with Gasteiger partial charge in [0, 0.05) is 24.7 Å². The molecule has 4 heteroatoms. The lowest BCUT2D eigenvalue weighted by molar-refractivity contribution is 0.0540. The van der Waals surface area contributed by atoms with Gasteiger partial charge in [-0.25, -0.2) is 0 Å². The van der Waals surface area contributed by atoms with Crippen LogP contribution in [0.4, 0.5) is 0 Å². The predicted octanol–water partition coefficient (Wildman–Crippen LogP) is 1.79. The van der Waals surface area contributed by atoms with Crippen molar-refractivity contribution >= 4 is 5.91 Å². The molecule has 4 nitrogen and oxygen atoms in total. The number of amides is 1. The van der Waals surface area contributed by atoms with E-state index in [0.717, 1.165) is 24.9 Å². The number of hydrogen-bond acceptors (Lipinski definition) is 3. The van der Waals surface area contributed by atoms with Crippen molar-refractivity contribution in [2.24, 2.45) is 11.7 Å². The number of piperidine rings is 1. The van der Waals surface area contributed by atoms with Gasteiger partial charge in [0.1, 0.15) is 0 Å². The van der Waals surface area contributed by atoms with Gasteiger partial charge in [0.2, 0.25) is 0 Å².